The first-order chi connectivity index (χ1) is 9.88. The summed E-state index contributed by atoms with van der Waals surface area (Å²) in [5.41, 5.74) is 0.203. The zero-order valence-electron chi connectivity index (χ0n) is 11.8. The second kappa shape index (κ2) is 5.14. The van der Waals surface area contributed by atoms with E-state index in [1.807, 2.05) is 5.38 Å². The normalized spacial score (nSPS) is 19.8. The number of aliphatic carboxylic acids is 1. The first-order valence-electron chi connectivity index (χ1n) is 6.71. The van der Waals surface area contributed by atoms with Gasteiger partial charge in [0.2, 0.25) is 0 Å². The van der Waals surface area contributed by atoms with Crippen LogP contribution in [-0.4, -0.2) is 26.4 Å². The molecule has 2 aromatic heterocycles. The van der Waals surface area contributed by atoms with Gasteiger partial charge in [-0.25, -0.2) is 4.98 Å². The largest absolute Gasteiger partial charge is 0.481 e. The molecule has 0 saturated heterocycles. The van der Waals surface area contributed by atoms with Crippen LogP contribution in [0.25, 0.3) is 10.2 Å². The van der Waals surface area contributed by atoms with E-state index in [9.17, 15) is 9.59 Å². The summed E-state index contributed by atoms with van der Waals surface area (Å²) in [6.07, 6.45) is 1.09. The van der Waals surface area contributed by atoms with Crippen molar-refractivity contribution in [3.8, 4) is 0 Å². The molecule has 1 atom stereocenters. The summed E-state index contributed by atoms with van der Waals surface area (Å²) in [4.78, 5) is 28.5. The highest BCUT2D eigenvalue weighted by atomic mass is 32.2. The average Bonchev–Trinajstić information content (AvgIpc) is 2.82. The minimum atomic E-state index is -0.904. The molecule has 1 aliphatic carbocycles. The number of fused-ring (bicyclic) bond motifs is 1. The van der Waals surface area contributed by atoms with E-state index >= 15 is 0 Å². The number of aromatic nitrogens is 2. The number of rotatable bonds is 5. The molecule has 0 aliphatic heterocycles. The second-order valence-corrected chi connectivity index (χ2v) is 7.86. The standard InChI is InChI=1S/C14H16N2O3S2/c1-14(2)5-8(14)6-16-12(19)9-3-4-20-11(9)15-13(16)21-7-10(17)18/h3-4,8H,5-7H2,1-2H3,(H,17,18). The third-order valence-corrected chi connectivity index (χ3v) is 5.76. The number of hydrogen-bond donors (Lipinski definition) is 1. The Labute approximate surface area is 130 Å². The Morgan fingerprint density at radius 2 is 2.33 bits per heavy atom. The van der Waals surface area contributed by atoms with E-state index in [-0.39, 0.29) is 16.7 Å². The van der Waals surface area contributed by atoms with E-state index in [1.54, 1.807) is 10.6 Å². The topological polar surface area (TPSA) is 72.2 Å². The number of carboxylic acid groups (broad SMARTS) is 1. The van der Waals surface area contributed by atoms with Crippen LogP contribution in [0.15, 0.2) is 21.4 Å². The van der Waals surface area contributed by atoms with Crippen molar-refractivity contribution in [3.05, 3.63) is 21.8 Å². The summed E-state index contributed by atoms with van der Waals surface area (Å²) in [6, 6.07) is 1.79. The van der Waals surface area contributed by atoms with Crippen LogP contribution < -0.4 is 5.56 Å². The lowest BCUT2D eigenvalue weighted by atomic mass is 10.1. The summed E-state index contributed by atoms with van der Waals surface area (Å²) >= 11 is 2.52. The Morgan fingerprint density at radius 1 is 1.62 bits per heavy atom. The zero-order valence-corrected chi connectivity index (χ0v) is 13.5. The molecule has 0 spiro atoms. The van der Waals surface area contributed by atoms with E-state index in [1.165, 1.54) is 11.3 Å². The molecular weight excluding hydrogens is 308 g/mol. The zero-order chi connectivity index (χ0) is 15.2. The molecule has 0 bridgehead atoms. The van der Waals surface area contributed by atoms with Crippen LogP contribution in [0.3, 0.4) is 0 Å². The molecule has 1 aliphatic rings. The van der Waals surface area contributed by atoms with Gasteiger partial charge in [0.05, 0.1) is 11.1 Å². The third-order valence-electron chi connectivity index (χ3n) is 3.99. The maximum absolute atomic E-state index is 12.6. The lowest BCUT2D eigenvalue weighted by Crippen LogP contribution is -2.24. The van der Waals surface area contributed by atoms with Crippen molar-refractivity contribution < 1.29 is 9.90 Å². The number of nitrogens with zero attached hydrogens (tertiary/aromatic N) is 2. The van der Waals surface area contributed by atoms with Crippen LogP contribution in [0.5, 0.6) is 0 Å². The van der Waals surface area contributed by atoms with Crippen molar-refractivity contribution in [2.45, 2.75) is 32.0 Å². The predicted octanol–water partition coefficient (Wildman–Crippen LogP) is 2.68. The Morgan fingerprint density at radius 3 is 2.95 bits per heavy atom. The lowest BCUT2D eigenvalue weighted by Gasteiger charge is -2.12. The summed E-state index contributed by atoms with van der Waals surface area (Å²) in [6.45, 7) is 4.99. The van der Waals surface area contributed by atoms with Gasteiger partial charge in [0, 0.05) is 6.54 Å². The number of carbonyl (C=O) groups is 1. The van der Waals surface area contributed by atoms with E-state index in [0.29, 0.717) is 27.8 Å². The Bertz CT molecular complexity index is 763. The smallest absolute Gasteiger partial charge is 0.313 e. The fraction of sp³-hybridized carbons (Fsp3) is 0.500. The Balaban J connectivity index is 2.00. The second-order valence-electron chi connectivity index (χ2n) is 6.02. The summed E-state index contributed by atoms with van der Waals surface area (Å²) in [5, 5.41) is 11.8. The highest BCUT2D eigenvalue weighted by molar-refractivity contribution is 7.99. The minimum Gasteiger partial charge on any atom is -0.481 e. The van der Waals surface area contributed by atoms with Gasteiger partial charge in [-0.1, -0.05) is 25.6 Å². The highest BCUT2D eigenvalue weighted by Gasteiger charge is 2.45. The van der Waals surface area contributed by atoms with Gasteiger partial charge < -0.3 is 5.11 Å². The van der Waals surface area contributed by atoms with Gasteiger partial charge in [0.25, 0.3) is 5.56 Å². The molecule has 3 rings (SSSR count). The van der Waals surface area contributed by atoms with Crippen molar-refractivity contribution in [1.82, 2.24) is 9.55 Å². The molecule has 2 aromatic rings. The minimum absolute atomic E-state index is 0.0585. The van der Waals surface area contributed by atoms with Crippen LogP contribution in [0.4, 0.5) is 0 Å². The molecular formula is C14H16N2O3S2. The fourth-order valence-electron chi connectivity index (χ4n) is 2.44. The van der Waals surface area contributed by atoms with Crippen LogP contribution in [0.2, 0.25) is 0 Å². The van der Waals surface area contributed by atoms with Crippen molar-refractivity contribution in [3.63, 3.8) is 0 Å². The average molecular weight is 324 g/mol. The van der Waals surface area contributed by atoms with E-state index in [4.69, 9.17) is 5.11 Å². The first kappa shape index (κ1) is 14.6. The highest BCUT2D eigenvalue weighted by Crippen LogP contribution is 2.52. The summed E-state index contributed by atoms with van der Waals surface area (Å²) in [7, 11) is 0. The third kappa shape index (κ3) is 2.85. The van der Waals surface area contributed by atoms with Gasteiger partial charge in [0.1, 0.15) is 4.83 Å². The van der Waals surface area contributed by atoms with Crippen LogP contribution in [0.1, 0.15) is 20.3 Å². The molecule has 2 heterocycles. The molecule has 5 nitrogen and oxygen atoms in total. The maximum atomic E-state index is 12.6. The van der Waals surface area contributed by atoms with Crippen LogP contribution in [-0.2, 0) is 11.3 Å². The summed E-state index contributed by atoms with van der Waals surface area (Å²) in [5.74, 6) is -0.534. The molecule has 0 aromatic carbocycles. The molecule has 7 heteroatoms. The van der Waals surface area contributed by atoms with Gasteiger partial charge in [-0.3, -0.25) is 14.2 Å². The fourth-order valence-corrected chi connectivity index (χ4v) is 3.97. The van der Waals surface area contributed by atoms with Gasteiger partial charge >= 0.3 is 5.97 Å². The van der Waals surface area contributed by atoms with Crippen molar-refractivity contribution in [2.75, 3.05) is 5.75 Å². The number of thioether (sulfide) groups is 1. The molecule has 0 amide bonds. The van der Waals surface area contributed by atoms with E-state index < -0.39 is 5.97 Å². The quantitative estimate of drug-likeness (QED) is 0.676. The van der Waals surface area contributed by atoms with E-state index in [0.717, 1.165) is 18.2 Å². The Hall–Kier alpha value is -1.34. The molecule has 1 saturated carbocycles. The molecule has 1 N–H and O–H groups in total. The molecule has 1 fully saturated rings. The van der Waals surface area contributed by atoms with Gasteiger partial charge in [-0.2, -0.15) is 0 Å². The summed E-state index contributed by atoms with van der Waals surface area (Å²) < 4.78 is 1.65. The number of hydrogen-bond acceptors (Lipinski definition) is 5. The SMILES string of the molecule is CC1(C)CC1Cn1c(SCC(=O)O)nc2sccc2c1=O. The van der Waals surface area contributed by atoms with E-state index in [2.05, 4.69) is 18.8 Å². The van der Waals surface area contributed by atoms with Crippen molar-refractivity contribution in [2.24, 2.45) is 11.3 Å². The van der Waals surface area contributed by atoms with Crippen molar-refractivity contribution in [1.29, 1.82) is 0 Å². The first-order valence-corrected chi connectivity index (χ1v) is 8.57. The molecule has 1 unspecified atom stereocenters. The van der Waals surface area contributed by atoms with Crippen LogP contribution >= 0.6 is 23.1 Å². The Kier molecular flexibility index (Phi) is 3.57. The van der Waals surface area contributed by atoms with Gasteiger partial charge in [-0.15, -0.1) is 11.3 Å². The molecule has 112 valence electrons. The van der Waals surface area contributed by atoms with Gasteiger partial charge in [0.15, 0.2) is 5.16 Å². The monoisotopic (exact) mass is 324 g/mol. The number of thiophene rings is 1. The maximum Gasteiger partial charge on any atom is 0.313 e. The van der Waals surface area contributed by atoms with Gasteiger partial charge in [-0.05, 0) is 29.2 Å². The van der Waals surface area contributed by atoms with Crippen LogP contribution in [0, 0.1) is 11.3 Å². The number of carboxylic acids is 1. The molecule has 0 radical (unpaired) electrons. The lowest BCUT2D eigenvalue weighted by molar-refractivity contribution is -0.133. The molecule has 21 heavy (non-hydrogen) atoms. The predicted molar refractivity (Wildman–Crippen MR) is 84.1 cm³/mol. The van der Waals surface area contributed by atoms with Crippen molar-refractivity contribution >= 4 is 39.3 Å².